The van der Waals surface area contributed by atoms with Crippen LogP contribution in [0.15, 0.2) is 23.1 Å². The van der Waals surface area contributed by atoms with Crippen molar-refractivity contribution in [2.45, 2.75) is 24.7 Å². The van der Waals surface area contributed by atoms with Gasteiger partial charge in [0.05, 0.1) is 4.90 Å². The predicted molar refractivity (Wildman–Crippen MR) is 81.4 cm³/mol. The molecule has 21 heavy (non-hydrogen) atoms. The van der Waals surface area contributed by atoms with E-state index in [0.29, 0.717) is 18.7 Å². The molecule has 116 valence electrons. The van der Waals surface area contributed by atoms with E-state index in [2.05, 4.69) is 16.6 Å². The first-order valence-corrected chi connectivity index (χ1v) is 8.18. The standard InChI is InChI=1S/C15H21NO4S/c1-13-12-15(8-7-14(13)6-5-10-17)21(18,19)16-9-3-4-11-20-2/h7-8,12,16-17H,3-4,9-11H2,1-2H3. The summed E-state index contributed by atoms with van der Waals surface area (Å²) in [5.41, 5.74) is 1.47. The Morgan fingerprint density at radius 2 is 2.10 bits per heavy atom. The van der Waals surface area contributed by atoms with Gasteiger partial charge in [-0.2, -0.15) is 0 Å². The summed E-state index contributed by atoms with van der Waals surface area (Å²) in [6, 6.07) is 4.75. The monoisotopic (exact) mass is 311 g/mol. The molecule has 0 aromatic heterocycles. The lowest BCUT2D eigenvalue weighted by atomic mass is 10.1. The number of nitrogens with one attached hydrogen (secondary N) is 1. The minimum absolute atomic E-state index is 0.220. The van der Waals surface area contributed by atoms with E-state index in [-0.39, 0.29) is 11.5 Å². The summed E-state index contributed by atoms with van der Waals surface area (Å²) in [5.74, 6) is 5.32. The van der Waals surface area contributed by atoms with E-state index in [4.69, 9.17) is 9.84 Å². The van der Waals surface area contributed by atoms with Crippen LogP contribution in [-0.4, -0.2) is 40.4 Å². The van der Waals surface area contributed by atoms with Gasteiger partial charge in [-0.1, -0.05) is 11.8 Å². The number of aliphatic hydroxyl groups is 1. The minimum atomic E-state index is -3.50. The van der Waals surface area contributed by atoms with Gasteiger partial charge in [0.1, 0.15) is 6.61 Å². The molecule has 2 N–H and O–H groups in total. The zero-order chi connectivity index (χ0) is 15.7. The molecule has 0 radical (unpaired) electrons. The maximum atomic E-state index is 12.1. The van der Waals surface area contributed by atoms with Gasteiger partial charge in [0, 0.05) is 25.8 Å². The molecule has 0 aliphatic heterocycles. The summed E-state index contributed by atoms with van der Waals surface area (Å²) >= 11 is 0. The number of ether oxygens (including phenoxy) is 1. The molecule has 0 amide bonds. The quantitative estimate of drug-likeness (QED) is 0.583. The Bertz CT molecular complexity index is 614. The highest BCUT2D eigenvalue weighted by atomic mass is 32.2. The number of hydrogen-bond donors (Lipinski definition) is 2. The molecule has 0 saturated carbocycles. The van der Waals surface area contributed by atoms with Crippen LogP contribution >= 0.6 is 0 Å². The van der Waals surface area contributed by atoms with Gasteiger partial charge >= 0.3 is 0 Å². The van der Waals surface area contributed by atoms with Crippen molar-refractivity contribution in [1.29, 1.82) is 0 Å². The lowest BCUT2D eigenvalue weighted by Crippen LogP contribution is -2.25. The summed E-state index contributed by atoms with van der Waals surface area (Å²) in [6.07, 6.45) is 1.54. The Kier molecular flexibility index (Phi) is 7.40. The van der Waals surface area contributed by atoms with E-state index in [1.807, 2.05) is 0 Å². The zero-order valence-electron chi connectivity index (χ0n) is 12.3. The second kappa shape index (κ2) is 8.80. The number of rotatable bonds is 7. The number of hydrogen-bond acceptors (Lipinski definition) is 4. The zero-order valence-corrected chi connectivity index (χ0v) is 13.2. The second-order valence-electron chi connectivity index (χ2n) is 4.53. The molecule has 1 aromatic rings. The number of benzene rings is 1. The molecule has 0 unspecified atom stereocenters. The smallest absolute Gasteiger partial charge is 0.240 e. The van der Waals surface area contributed by atoms with Gasteiger partial charge < -0.3 is 9.84 Å². The maximum Gasteiger partial charge on any atom is 0.240 e. The van der Waals surface area contributed by atoms with E-state index >= 15 is 0 Å². The molecule has 0 saturated heterocycles. The highest BCUT2D eigenvalue weighted by molar-refractivity contribution is 7.89. The number of aliphatic hydroxyl groups excluding tert-OH is 1. The summed E-state index contributed by atoms with van der Waals surface area (Å²) in [5, 5.41) is 8.67. The molecule has 0 aliphatic rings. The van der Waals surface area contributed by atoms with Crippen LogP contribution in [0.25, 0.3) is 0 Å². The topological polar surface area (TPSA) is 75.6 Å². The molecule has 1 rings (SSSR count). The average Bonchev–Trinajstić information content (AvgIpc) is 2.45. The Hall–Kier alpha value is -1.39. The lowest BCUT2D eigenvalue weighted by Gasteiger charge is -2.08. The van der Waals surface area contributed by atoms with Gasteiger partial charge in [-0.15, -0.1) is 0 Å². The Morgan fingerprint density at radius 3 is 2.71 bits per heavy atom. The second-order valence-corrected chi connectivity index (χ2v) is 6.30. The maximum absolute atomic E-state index is 12.1. The van der Waals surface area contributed by atoms with Crippen LogP contribution in [0.2, 0.25) is 0 Å². The fourth-order valence-corrected chi connectivity index (χ4v) is 2.90. The molecule has 0 bridgehead atoms. The van der Waals surface area contributed by atoms with Crippen LogP contribution in [0.1, 0.15) is 24.0 Å². The fraction of sp³-hybridized carbons (Fsp3) is 0.467. The molecule has 5 nitrogen and oxygen atoms in total. The predicted octanol–water partition coefficient (Wildman–Crippen LogP) is 1.04. The van der Waals surface area contributed by atoms with Gasteiger partial charge in [0.25, 0.3) is 0 Å². The van der Waals surface area contributed by atoms with Crippen LogP contribution in [0.3, 0.4) is 0 Å². The number of sulfonamides is 1. The molecule has 0 atom stereocenters. The first kappa shape index (κ1) is 17.7. The average molecular weight is 311 g/mol. The van der Waals surface area contributed by atoms with Crippen molar-refractivity contribution in [2.75, 3.05) is 26.9 Å². The largest absolute Gasteiger partial charge is 0.385 e. The SMILES string of the molecule is COCCCCNS(=O)(=O)c1ccc(C#CCO)c(C)c1. The van der Waals surface area contributed by atoms with E-state index in [1.165, 1.54) is 6.07 Å². The van der Waals surface area contributed by atoms with Crippen molar-refractivity contribution < 1.29 is 18.3 Å². The summed E-state index contributed by atoms with van der Waals surface area (Å²) in [6.45, 7) is 2.58. The fourth-order valence-electron chi connectivity index (χ4n) is 1.74. The highest BCUT2D eigenvalue weighted by Crippen LogP contribution is 2.14. The van der Waals surface area contributed by atoms with Crippen molar-refractivity contribution in [3.63, 3.8) is 0 Å². The Balaban J connectivity index is 2.73. The highest BCUT2D eigenvalue weighted by Gasteiger charge is 2.14. The third-order valence-corrected chi connectivity index (χ3v) is 4.34. The van der Waals surface area contributed by atoms with Gasteiger partial charge in [-0.25, -0.2) is 13.1 Å². The Labute approximate surface area is 126 Å². The van der Waals surface area contributed by atoms with Crippen molar-refractivity contribution in [2.24, 2.45) is 0 Å². The first-order valence-electron chi connectivity index (χ1n) is 6.70. The van der Waals surface area contributed by atoms with E-state index in [1.54, 1.807) is 26.2 Å². The van der Waals surface area contributed by atoms with Crippen molar-refractivity contribution >= 4 is 10.0 Å². The van der Waals surface area contributed by atoms with E-state index < -0.39 is 10.0 Å². The summed E-state index contributed by atoms with van der Waals surface area (Å²) in [7, 11) is -1.88. The van der Waals surface area contributed by atoms with Crippen molar-refractivity contribution in [3.8, 4) is 11.8 Å². The van der Waals surface area contributed by atoms with Gasteiger partial charge in [0.15, 0.2) is 0 Å². The lowest BCUT2D eigenvalue weighted by molar-refractivity contribution is 0.193. The number of unbranched alkanes of at least 4 members (excludes halogenated alkanes) is 1. The minimum Gasteiger partial charge on any atom is -0.385 e. The summed E-state index contributed by atoms with van der Waals surface area (Å²) in [4.78, 5) is 0.223. The number of methoxy groups -OCH3 is 1. The number of aryl methyl sites for hydroxylation is 1. The molecule has 0 aliphatic carbocycles. The van der Waals surface area contributed by atoms with Crippen molar-refractivity contribution in [1.82, 2.24) is 4.72 Å². The van der Waals surface area contributed by atoms with Crippen LogP contribution in [0, 0.1) is 18.8 Å². The summed E-state index contributed by atoms with van der Waals surface area (Å²) < 4.78 is 31.7. The molecule has 0 fully saturated rings. The van der Waals surface area contributed by atoms with Crippen LogP contribution in [0.5, 0.6) is 0 Å². The van der Waals surface area contributed by atoms with E-state index in [9.17, 15) is 8.42 Å². The molecular formula is C15H21NO4S. The van der Waals surface area contributed by atoms with Gasteiger partial charge in [-0.05, 0) is 43.5 Å². The molecule has 1 aromatic carbocycles. The molecular weight excluding hydrogens is 290 g/mol. The van der Waals surface area contributed by atoms with Crippen molar-refractivity contribution in [3.05, 3.63) is 29.3 Å². The van der Waals surface area contributed by atoms with Crippen LogP contribution in [0.4, 0.5) is 0 Å². The molecule has 6 heteroatoms. The third kappa shape index (κ3) is 5.86. The van der Waals surface area contributed by atoms with E-state index in [0.717, 1.165) is 18.4 Å². The molecule has 0 spiro atoms. The normalized spacial score (nSPS) is 11.0. The van der Waals surface area contributed by atoms with Crippen LogP contribution < -0.4 is 4.72 Å². The third-order valence-electron chi connectivity index (χ3n) is 2.88. The Morgan fingerprint density at radius 1 is 1.33 bits per heavy atom. The molecule has 0 heterocycles. The van der Waals surface area contributed by atoms with Crippen LogP contribution in [-0.2, 0) is 14.8 Å². The van der Waals surface area contributed by atoms with Gasteiger partial charge in [0.2, 0.25) is 10.0 Å². The first-order chi connectivity index (χ1) is 10.0. The van der Waals surface area contributed by atoms with Gasteiger partial charge in [-0.3, -0.25) is 0 Å².